The highest BCUT2D eigenvalue weighted by Gasteiger charge is 2.41. The summed E-state index contributed by atoms with van der Waals surface area (Å²) in [6, 6.07) is -0.240. The maximum atomic E-state index is 12.4. The first-order valence-electron chi connectivity index (χ1n) is 7.92. The molecule has 2 amide bonds. The van der Waals surface area contributed by atoms with Gasteiger partial charge in [-0.15, -0.1) is 11.3 Å². The van der Waals surface area contributed by atoms with Crippen molar-refractivity contribution in [1.29, 1.82) is 0 Å². The van der Waals surface area contributed by atoms with E-state index in [1.54, 1.807) is 18.3 Å². The Balaban J connectivity index is 1.42. The van der Waals surface area contributed by atoms with E-state index in [1.807, 2.05) is 22.2 Å². The van der Waals surface area contributed by atoms with Crippen molar-refractivity contribution in [1.82, 2.24) is 30.2 Å². The van der Waals surface area contributed by atoms with Crippen LogP contribution in [0.4, 0.5) is 4.79 Å². The number of thiazole rings is 1. The van der Waals surface area contributed by atoms with Crippen molar-refractivity contribution in [2.24, 2.45) is 0 Å². The third kappa shape index (κ3) is 2.75. The first-order valence-corrected chi connectivity index (χ1v) is 8.80. The molecule has 126 valence electrons. The van der Waals surface area contributed by atoms with Crippen LogP contribution >= 0.6 is 11.3 Å². The number of imidazole rings is 1. The maximum Gasteiger partial charge on any atom is 0.315 e. The normalized spacial score (nSPS) is 16.5. The monoisotopic (exact) mass is 346 g/mol. The summed E-state index contributed by atoms with van der Waals surface area (Å²) in [4.78, 5) is 22.1. The minimum Gasteiger partial charge on any atom is -0.340 e. The number of aryl methyl sites for hydroxylation is 1. The summed E-state index contributed by atoms with van der Waals surface area (Å²) in [6.45, 7) is 2.13. The third-order valence-electron chi connectivity index (χ3n) is 4.34. The quantitative estimate of drug-likeness (QED) is 0.756. The Labute approximate surface area is 142 Å². The molecule has 0 spiro atoms. The zero-order chi connectivity index (χ0) is 16.6. The second-order valence-corrected chi connectivity index (χ2v) is 6.93. The number of fused-ring (bicyclic) bond motifs is 1. The summed E-state index contributed by atoms with van der Waals surface area (Å²) in [5, 5.41) is 11.9. The number of hydrogen-bond donors (Lipinski definition) is 2. The molecular formula is C15H18N6O2S. The van der Waals surface area contributed by atoms with E-state index in [-0.39, 0.29) is 6.03 Å². The number of rotatable bonds is 4. The number of urea groups is 1. The lowest BCUT2D eigenvalue weighted by molar-refractivity contribution is 0.220. The SMILES string of the molecule is Cc1nc(C2(NC(=O)NCc3cn4ccsc4n3)CCCC2)no1. The van der Waals surface area contributed by atoms with Gasteiger partial charge >= 0.3 is 6.03 Å². The molecule has 2 N–H and O–H groups in total. The molecule has 1 aliphatic carbocycles. The topological polar surface area (TPSA) is 97.4 Å². The molecule has 9 heteroatoms. The Morgan fingerprint density at radius 3 is 2.96 bits per heavy atom. The van der Waals surface area contributed by atoms with Crippen molar-refractivity contribution in [2.45, 2.75) is 44.7 Å². The molecule has 1 fully saturated rings. The number of aromatic nitrogens is 4. The standard InChI is InChI=1S/C15H18N6O2S/c1-10-17-12(20-23-10)15(4-2-3-5-15)19-13(22)16-8-11-9-21-6-7-24-14(21)18-11/h6-7,9H,2-5,8H2,1H3,(H2,16,19,22). The van der Waals surface area contributed by atoms with Gasteiger partial charge in [0.05, 0.1) is 12.2 Å². The second-order valence-electron chi connectivity index (χ2n) is 6.06. The fourth-order valence-corrected chi connectivity index (χ4v) is 3.89. The molecule has 1 saturated carbocycles. The van der Waals surface area contributed by atoms with Crippen molar-refractivity contribution in [3.05, 3.63) is 35.2 Å². The van der Waals surface area contributed by atoms with Gasteiger partial charge in [0.1, 0.15) is 5.54 Å². The van der Waals surface area contributed by atoms with Crippen molar-refractivity contribution in [2.75, 3.05) is 0 Å². The van der Waals surface area contributed by atoms with Crippen LogP contribution < -0.4 is 10.6 Å². The Morgan fingerprint density at radius 2 is 2.25 bits per heavy atom. The van der Waals surface area contributed by atoms with Crippen LogP contribution in [0, 0.1) is 6.92 Å². The predicted molar refractivity (Wildman–Crippen MR) is 87.6 cm³/mol. The summed E-state index contributed by atoms with van der Waals surface area (Å²) < 4.78 is 7.04. The van der Waals surface area contributed by atoms with E-state index in [0.29, 0.717) is 18.3 Å². The Kier molecular flexibility index (Phi) is 3.72. The molecule has 0 atom stereocenters. The van der Waals surface area contributed by atoms with Gasteiger partial charge < -0.3 is 15.2 Å². The van der Waals surface area contributed by atoms with Crippen LogP contribution in [0.25, 0.3) is 4.96 Å². The molecule has 4 rings (SSSR count). The van der Waals surface area contributed by atoms with Gasteiger partial charge in [0.25, 0.3) is 0 Å². The number of carbonyl (C=O) groups excluding carboxylic acids is 1. The van der Waals surface area contributed by atoms with Crippen LogP contribution in [0.15, 0.2) is 22.3 Å². The van der Waals surface area contributed by atoms with E-state index in [0.717, 1.165) is 36.3 Å². The van der Waals surface area contributed by atoms with Gasteiger partial charge in [0, 0.05) is 24.7 Å². The molecule has 3 heterocycles. The van der Waals surface area contributed by atoms with E-state index in [1.165, 1.54) is 0 Å². The molecule has 3 aromatic rings. The maximum absolute atomic E-state index is 12.4. The molecule has 1 aliphatic rings. The molecule has 0 aromatic carbocycles. The van der Waals surface area contributed by atoms with Crippen LogP contribution in [0.5, 0.6) is 0 Å². The van der Waals surface area contributed by atoms with E-state index in [2.05, 4.69) is 25.8 Å². The fraction of sp³-hybridized carbons (Fsp3) is 0.467. The molecule has 24 heavy (non-hydrogen) atoms. The Hall–Kier alpha value is -2.42. The number of carbonyl (C=O) groups is 1. The van der Waals surface area contributed by atoms with E-state index in [9.17, 15) is 4.79 Å². The van der Waals surface area contributed by atoms with Gasteiger partial charge in [-0.25, -0.2) is 9.78 Å². The van der Waals surface area contributed by atoms with Gasteiger partial charge in [0.2, 0.25) is 5.89 Å². The van der Waals surface area contributed by atoms with Crippen LogP contribution in [0.2, 0.25) is 0 Å². The lowest BCUT2D eigenvalue weighted by Gasteiger charge is -2.26. The summed E-state index contributed by atoms with van der Waals surface area (Å²) in [7, 11) is 0. The highest BCUT2D eigenvalue weighted by Crippen LogP contribution is 2.37. The summed E-state index contributed by atoms with van der Waals surface area (Å²) in [6.07, 6.45) is 7.57. The van der Waals surface area contributed by atoms with Gasteiger partial charge in [-0.3, -0.25) is 4.40 Å². The highest BCUT2D eigenvalue weighted by molar-refractivity contribution is 7.15. The van der Waals surface area contributed by atoms with Crippen LogP contribution in [0.1, 0.15) is 43.1 Å². The fourth-order valence-electron chi connectivity index (χ4n) is 3.17. The summed E-state index contributed by atoms with van der Waals surface area (Å²) >= 11 is 1.56. The Morgan fingerprint density at radius 1 is 1.42 bits per heavy atom. The third-order valence-corrected chi connectivity index (χ3v) is 5.11. The lowest BCUT2D eigenvalue weighted by atomic mass is 9.97. The molecule has 0 aliphatic heterocycles. The largest absolute Gasteiger partial charge is 0.340 e. The molecule has 0 bridgehead atoms. The summed E-state index contributed by atoms with van der Waals surface area (Å²) in [5.74, 6) is 1.08. The molecule has 0 saturated heterocycles. The van der Waals surface area contributed by atoms with E-state index in [4.69, 9.17) is 4.52 Å². The summed E-state index contributed by atoms with van der Waals surface area (Å²) in [5.41, 5.74) is 0.295. The minimum atomic E-state index is -0.531. The number of nitrogens with one attached hydrogen (secondary N) is 2. The number of hydrogen-bond acceptors (Lipinski definition) is 6. The van der Waals surface area contributed by atoms with Crippen molar-refractivity contribution < 1.29 is 9.32 Å². The molecule has 0 unspecified atom stereocenters. The predicted octanol–water partition coefficient (Wildman–Crippen LogP) is 2.36. The van der Waals surface area contributed by atoms with Gasteiger partial charge in [-0.1, -0.05) is 18.0 Å². The van der Waals surface area contributed by atoms with E-state index >= 15 is 0 Å². The van der Waals surface area contributed by atoms with Gasteiger partial charge in [-0.2, -0.15) is 4.98 Å². The van der Waals surface area contributed by atoms with Crippen molar-refractivity contribution >= 4 is 22.3 Å². The average Bonchev–Trinajstić information content (AvgIpc) is 3.28. The van der Waals surface area contributed by atoms with Crippen LogP contribution in [-0.4, -0.2) is 25.6 Å². The molecule has 0 radical (unpaired) electrons. The minimum absolute atomic E-state index is 0.240. The first kappa shape index (κ1) is 15.1. The second kappa shape index (κ2) is 5.90. The van der Waals surface area contributed by atoms with E-state index < -0.39 is 5.54 Å². The average molecular weight is 346 g/mol. The van der Waals surface area contributed by atoms with Crippen molar-refractivity contribution in [3.8, 4) is 0 Å². The number of amides is 2. The van der Waals surface area contributed by atoms with Crippen molar-refractivity contribution in [3.63, 3.8) is 0 Å². The Bertz CT molecular complexity index is 832. The molecule has 3 aromatic heterocycles. The first-order chi connectivity index (χ1) is 11.6. The lowest BCUT2D eigenvalue weighted by Crippen LogP contribution is -2.49. The zero-order valence-electron chi connectivity index (χ0n) is 13.3. The zero-order valence-corrected chi connectivity index (χ0v) is 14.1. The smallest absolute Gasteiger partial charge is 0.315 e. The van der Waals surface area contributed by atoms with Crippen LogP contribution in [0.3, 0.4) is 0 Å². The van der Waals surface area contributed by atoms with Gasteiger partial charge in [0.15, 0.2) is 10.8 Å². The molecular weight excluding hydrogens is 328 g/mol. The van der Waals surface area contributed by atoms with Gasteiger partial charge in [-0.05, 0) is 12.8 Å². The van der Waals surface area contributed by atoms with Crippen LogP contribution in [-0.2, 0) is 12.1 Å². The molecule has 8 nitrogen and oxygen atoms in total. The number of nitrogens with zero attached hydrogens (tertiary/aromatic N) is 4. The highest BCUT2D eigenvalue weighted by atomic mass is 32.1.